The van der Waals surface area contributed by atoms with Crippen LogP contribution in [-0.2, 0) is 0 Å². The number of hydrogen-bond acceptors (Lipinski definition) is 0. The molecule has 0 heterocycles. The van der Waals surface area contributed by atoms with E-state index in [1.807, 2.05) is 166 Å². The van der Waals surface area contributed by atoms with Crippen LogP contribution in [0, 0.1) is 5.92 Å². The summed E-state index contributed by atoms with van der Waals surface area (Å²) in [7, 11) is 0. The molecule has 0 aliphatic heterocycles. The maximum atomic E-state index is 2.28. The van der Waals surface area contributed by atoms with Crippen molar-refractivity contribution in [2.24, 2.45) is 5.92 Å². The van der Waals surface area contributed by atoms with Gasteiger partial charge >= 0.3 is 0 Å². The summed E-state index contributed by atoms with van der Waals surface area (Å²) in [4.78, 5) is 0. The summed E-state index contributed by atoms with van der Waals surface area (Å²) >= 11 is 0. The molecule has 0 bridgehead atoms. The maximum Gasteiger partial charge on any atom is -0.0443 e. The molecule has 0 radical (unpaired) electrons. The van der Waals surface area contributed by atoms with Crippen molar-refractivity contribution in [3.05, 3.63) is 0 Å². The maximum absolute atomic E-state index is 2.28. The second kappa shape index (κ2) is 816. The molecule has 1 aliphatic rings. The van der Waals surface area contributed by atoms with Gasteiger partial charge in [-0.25, -0.2) is 0 Å². The Hall–Kier alpha value is 0. The molecule has 0 aromatic heterocycles. The molecule has 0 aromatic rings. The highest BCUT2D eigenvalue weighted by Gasteiger charge is 2.12. The van der Waals surface area contributed by atoms with Gasteiger partial charge in [-0.2, -0.15) is 0 Å². The van der Waals surface area contributed by atoms with Gasteiger partial charge in [0, 0.05) is 0 Å². The monoisotopic (exact) mass is 433 g/mol. The van der Waals surface area contributed by atoms with Crippen LogP contribution in [0.2, 0.25) is 0 Å². The summed E-state index contributed by atoms with van der Waals surface area (Å²) in [5.41, 5.74) is 0. The fraction of sp³-hybridized carbons (Fsp3) is 1.00. The van der Waals surface area contributed by atoms with Gasteiger partial charge in [-0.3, -0.25) is 0 Å². The van der Waals surface area contributed by atoms with Crippen LogP contribution in [0.4, 0.5) is 0 Å². The van der Waals surface area contributed by atoms with Crippen molar-refractivity contribution in [3.8, 4) is 0 Å². The third-order valence-corrected chi connectivity index (χ3v) is 0.866. The van der Waals surface area contributed by atoms with Crippen molar-refractivity contribution in [2.75, 3.05) is 0 Å². The van der Waals surface area contributed by atoms with E-state index in [-0.39, 0.29) is 7.43 Å². The summed E-state index contributed by atoms with van der Waals surface area (Å²) in [6.07, 6.45) is 2.97. The highest BCUT2D eigenvalue weighted by molar-refractivity contribution is 4.65. The van der Waals surface area contributed by atoms with Crippen LogP contribution in [0.3, 0.4) is 0 Å². The van der Waals surface area contributed by atoms with Crippen LogP contribution in [0.5, 0.6) is 0 Å². The van der Waals surface area contributed by atoms with Gasteiger partial charge in [-0.1, -0.05) is 193 Å². The highest BCUT2D eigenvalue weighted by atomic mass is 14.2. The van der Waals surface area contributed by atoms with E-state index in [9.17, 15) is 0 Å². The Bertz CT molecular complexity index is 19.2. The lowest BCUT2D eigenvalue weighted by Crippen LogP contribution is -1.42. The van der Waals surface area contributed by atoms with Gasteiger partial charge in [-0.05, 0) is 5.92 Å². The van der Waals surface area contributed by atoms with E-state index in [1.54, 1.807) is 0 Å². The van der Waals surface area contributed by atoms with Crippen molar-refractivity contribution in [3.63, 3.8) is 0 Å². The van der Waals surface area contributed by atoms with E-state index < -0.39 is 0 Å². The summed E-state index contributed by atoms with van der Waals surface area (Å²) in [6.45, 7) is 50.3. The van der Waals surface area contributed by atoms with Crippen molar-refractivity contribution in [1.29, 1.82) is 0 Å². The van der Waals surface area contributed by atoms with Gasteiger partial charge in [0.15, 0.2) is 0 Å². The second-order valence-electron chi connectivity index (χ2n) is 1.68. The van der Waals surface area contributed by atoms with E-state index in [4.69, 9.17) is 0 Å². The lowest BCUT2D eigenvalue weighted by atomic mass is 10.5. The molecule has 29 heavy (non-hydrogen) atoms. The molecular weight excluding hydrogens is 348 g/mol. The van der Waals surface area contributed by atoms with Crippen LogP contribution in [0.25, 0.3) is 0 Å². The van der Waals surface area contributed by atoms with Crippen LogP contribution in [0.1, 0.15) is 193 Å². The summed E-state index contributed by atoms with van der Waals surface area (Å²) < 4.78 is 0. The zero-order valence-electron chi connectivity index (χ0n) is 27.0. The average Bonchev–Trinajstić information content (AvgIpc) is 3.71. The molecule has 1 aliphatic carbocycles. The largest absolute Gasteiger partial charge is 0.0776 e. The zero-order chi connectivity index (χ0) is 27.0. The quantitative estimate of drug-likeness (QED) is 0.357. The Balaban J connectivity index is -0.00000000879. The predicted octanol–water partition coefficient (Wildman–Crippen LogP) is 14.4. The molecule has 1 saturated carbocycles. The van der Waals surface area contributed by atoms with E-state index in [2.05, 4.69) is 6.92 Å². The van der Waals surface area contributed by atoms with Gasteiger partial charge < -0.3 is 0 Å². The van der Waals surface area contributed by atoms with Gasteiger partial charge in [0.25, 0.3) is 0 Å². The van der Waals surface area contributed by atoms with Crippen LogP contribution >= 0.6 is 0 Å². The molecule has 0 saturated heterocycles. The van der Waals surface area contributed by atoms with E-state index in [0.717, 1.165) is 5.92 Å². The number of rotatable bonds is 0. The first-order chi connectivity index (χ1) is 13.9. The van der Waals surface area contributed by atoms with Gasteiger partial charge in [-0.15, -0.1) is 0 Å². The first-order valence-corrected chi connectivity index (χ1v) is 13.9. The fourth-order valence-corrected chi connectivity index (χ4v) is 0.167. The van der Waals surface area contributed by atoms with Gasteiger partial charge in [0.1, 0.15) is 0 Å². The minimum Gasteiger partial charge on any atom is -0.0776 e. The summed E-state index contributed by atoms with van der Waals surface area (Å²) in [5.74, 6) is 1.08. The fourth-order valence-electron chi connectivity index (χ4n) is 0.167. The molecule has 0 amide bonds. The lowest BCUT2D eigenvalue weighted by Gasteiger charge is -1.53. The van der Waals surface area contributed by atoms with Crippen molar-refractivity contribution in [2.45, 2.75) is 193 Å². The molecule has 0 aromatic carbocycles. The van der Waals surface area contributed by atoms with E-state index in [0.29, 0.717) is 0 Å². The second-order valence-corrected chi connectivity index (χ2v) is 1.68. The van der Waals surface area contributed by atoms with E-state index >= 15 is 0 Å². The molecule has 0 atom stereocenters. The highest BCUT2D eigenvalue weighted by Crippen LogP contribution is 2.26. The standard InChI is InChI=1S/C4H8.12C2H6.CH4/c1-4-2-3-4;12*1-2;/h4H,2-3H2,1H3;12*1-2H3;1H4. The molecular formula is C29H84. The molecule has 0 N–H and O–H groups in total. The van der Waals surface area contributed by atoms with Gasteiger partial charge in [0.05, 0.1) is 0 Å². The summed E-state index contributed by atoms with van der Waals surface area (Å²) in [6, 6.07) is 0. The Kier molecular flexibility index (Phi) is 2500. The average molecular weight is 433 g/mol. The molecule has 0 unspecified atom stereocenters. The minimum absolute atomic E-state index is 0. The Morgan fingerprint density at radius 3 is 0.310 bits per heavy atom. The van der Waals surface area contributed by atoms with Crippen LogP contribution in [0.15, 0.2) is 0 Å². The van der Waals surface area contributed by atoms with Crippen molar-refractivity contribution < 1.29 is 0 Å². The molecule has 0 nitrogen and oxygen atoms in total. The molecule has 1 fully saturated rings. The molecule has 200 valence electrons. The molecule has 1 rings (SSSR count). The van der Waals surface area contributed by atoms with Crippen molar-refractivity contribution in [1.82, 2.24) is 0 Å². The Labute approximate surface area is 199 Å². The SMILES string of the molecule is C.CC.CC.CC.CC.CC.CC.CC.CC.CC.CC.CC.CC.CC1CC1. The van der Waals surface area contributed by atoms with Crippen LogP contribution < -0.4 is 0 Å². The first-order valence-electron chi connectivity index (χ1n) is 13.9. The third-order valence-electron chi connectivity index (χ3n) is 0.866. The first kappa shape index (κ1) is 88.8. The smallest absolute Gasteiger partial charge is 0.0443 e. The normalized spacial score (nSPS) is 6.10. The summed E-state index contributed by atoms with van der Waals surface area (Å²) in [5, 5.41) is 0. The van der Waals surface area contributed by atoms with Crippen molar-refractivity contribution >= 4 is 0 Å². The third kappa shape index (κ3) is 2100. The lowest BCUT2D eigenvalue weighted by molar-refractivity contribution is 0.983. The minimum atomic E-state index is 0. The van der Waals surface area contributed by atoms with Gasteiger partial charge in [0.2, 0.25) is 0 Å². The Morgan fingerprint density at radius 2 is 0.310 bits per heavy atom. The molecule has 0 heteroatoms. The predicted molar refractivity (Wildman–Crippen MR) is 161 cm³/mol. The Morgan fingerprint density at radius 1 is 0.276 bits per heavy atom. The van der Waals surface area contributed by atoms with Crippen LogP contribution in [-0.4, -0.2) is 0 Å². The molecule has 0 spiro atoms. The topological polar surface area (TPSA) is 0 Å². The number of hydrogen-bond donors (Lipinski definition) is 0. The van der Waals surface area contributed by atoms with E-state index in [1.165, 1.54) is 12.8 Å². The zero-order valence-corrected chi connectivity index (χ0v) is 27.0.